The molecule has 2 aliphatic heterocycles. The van der Waals surface area contributed by atoms with Crippen molar-refractivity contribution < 1.29 is 9.53 Å². The maximum Gasteiger partial charge on any atom is 0.228 e. The summed E-state index contributed by atoms with van der Waals surface area (Å²) in [5.41, 5.74) is 4.33. The molecule has 0 unspecified atom stereocenters. The van der Waals surface area contributed by atoms with Crippen molar-refractivity contribution >= 4 is 52.1 Å². The summed E-state index contributed by atoms with van der Waals surface area (Å²) in [5, 5.41) is 16.6. The lowest BCUT2D eigenvalue weighted by Gasteiger charge is -2.37. The van der Waals surface area contributed by atoms with Crippen molar-refractivity contribution in [3.63, 3.8) is 0 Å². The Balaban J connectivity index is 1.14. The molecule has 0 saturated carbocycles. The fourth-order valence-corrected chi connectivity index (χ4v) is 6.06. The maximum absolute atomic E-state index is 12.5. The summed E-state index contributed by atoms with van der Waals surface area (Å²) in [7, 11) is 1.62. The number of anilines is 3. The van der Waals surface area contributed by atoms with E-state index in [1.54, 1.807) is 7.11 Å². The van der Waals surface area contributed by atoms with Crippen molar-refractivity contribution in [2.75, 3.05) is 61.9 Å². The largest absolute Gasteiger partial charge is 0.497 e. The number of amides is 1. The third-order valence-electron chi connectivity index (χ3n) is 7.72. The number of hydrogen-bond donors (Lipinski definition) is 2. The van der Waals surface area contributed by atoms with Crippen LogP contribution >= 0.6 is 23.2 Å². The number of carbonyl (C=O) groups is 1. The van der Waals surface area contributed by atoms with Gasteiger partial charge in [0, 0.05) is 44.1 Å². The minimum Gasteiger partial charge on any atom is -0.497 e. The van der Waals surface area contributed by atoms with E-state index in [0.29, 0.717) is 34.8 Å². The standard InChI is InChI=1S/C32H35Cl2N7O2/c1-43-27-10-4-23(5-11-27)20-30(42)37-25-6-8-26(9-7-25)40-14-16-41(17-15-40)32(36-22-35)38-31-28(33)18-24(19-29(31)34)21-39-12-2-3-13-39/h4-11,18-19H,2-3,12-17,20-21H2,1H3,(H,36,38)(H,37,42). The van der Waals surface area contributed by atoms with Gasteiger partial charge in [0.05, 0.1) is 29.3 Å². The molecular weight excluding hydrogens is 585 g/mol. The second kappa shape index (κ2) is 14.5. The fraction of sp³-hybridized carbons (Fsp3) is 0.344. The molecule has 3 aromatic carbocycles. The number of benzene rings is 3. The molecule has 1 amide bonds. The molecule has 0 aromatic heterocycles. The van der Waals surface area contributed by atoms with Crippen LogP contribution in [0.4, 0.5) is 17.1 Å². The summed E-state index contributed by atoms with van der Waals surface area (Å²) >= 11 is 13.3. The van der Waals surface area contributed by atoms with Gasteiger partial charge in [0.25, 0.3) is 0 Å². The number of nitrogens with one attached hydrogen (secondary N) is 2. The second-order valence-electron chi connectivity index (χ2n) is 10.7. The monoisotopic (exact) mass is 619 g/mol. The topological polar surface area (TPSA) is 96.2 Å². The first kappa shape index (κ1) is 30.5. The Bertz CT molecular complexity index is 1450. The number of likely N-dealkylation sites (tertiary alicyclic amines) is 1. The molecule has 43 heavy (non-hydrogen) atoms. The van der Waals surface area contributed by atoms with Crippen molar-refractivity contribution in [2.45, 2.75) is 25.8 Å². The minimum atomic E-state index is -0.0789. The number of carbonyl (C=O) groups excluding carboxylic acids is 1. The summed E-state index contributed by atoms with van der Waals surface area (Å²) in [4.78, 5) is 23.3. The van der Waals surface area contributed by atoms with E-state index >= 15 is 0 Å². The summed E-state index contributed by atoms with van der Waals surface area (Å²) in [6, 6.07) is 19.2. The molecular formula is C32H35Cl2N7O2. The van der Waals surface area contributed by atoms with E-state index < -0.39 is 0 Å². The molecule has 2 saturated heterocycles. The van der Waals surface area contributed by atoms with Crippen LogP contribution in [0.3, 0.4) is 0 Å². The van der Waals surface area contributed by atoms with Gasteiger partial charge in [-0.05, 0) is 85.6 Å². The first-order valence-electron chi connectivity index (χ1n) is 14.4. The number of methoxy groups -OCH3 is 1. The molecule has 5 rings (SSSR count). The number of ether oxygens (including phenoxy) is 1. The summed E-state index contributed by atoms with van der Waals surface area (Å²) in [6.07, 6.45) is 4.63. The van der Waals surface area contributed by atoms with Crippen LogP contribution in [0.5, 0.6) is 5.75 Å². The molecule has 3 aromatic rings. The van der Waals surface area contributed by atoms with Gasteiger partial charge in [0.1, 0.15) is 5.75 Å². The number of nitriles is 1. The van der Waals surface area contributed by atoms with Crippen LogP contribution in [0.1, 0.15) is 24.0 Å². The maximum atomic E-state index is 12.5. The Morgan fingerprint density at radius 3 is 2.16 bits per heavy atom. The van der Waals surface area contributed by atoms with Crippen LogP contribution in [-0.4, -0.2) is 68.0 Å². The lowest BCUT2D eigenvalue weighted by Crippen LogP contribution is -2.50. The van der Waals surface area contributed by atoms with E-state index in [-0.39, 0.29) is 12.3 Å². The number of aliphatic imine (C=N–C) groups is 1. The highest BCUT2D eigenvalue weighted by Gasteiger charge is 2.22. The molecule has 0 spiro atoms. The smallest absolute Gasteiger partial charge is 0.228 e. The Hall–Kier alpha value is -3.97. The quantitative estimate of drug-likeness (QED) is 0.185. The van der Waals surface area contributed by atoms with Gasteiger partial charge in [-0.25, -0.2) is 0 Å². The van der Waals surface area contributed by atoms with Gasteiger partial charge in [-0.3, -0.25) is 9.69 Å². The highest BCUT2D eigenvalue weighted by Crippen LogP contribution is 2.33. The van der Waals surface area contributed by atoms with Crippen molar-refractivity contribution in [1.29, 1.82) is 5.26 Å². The van der Waals surface area contributed by atoms with Crippen LogP contribution in [0.2, 0.25) is 10.0 Å². The zero-order valence-corrected chi connectivity index (χ0v) is 25.7. The molecule has 0 radical (unpaired) electrons. The number of piperazine rings is 1. The van der Waals surface area contributed by atoms with Gasteiger partial charge < -0.3 is 25.2 Å². The highest BCUT2D eigenvalue weighted by atomic mass is 35.5. The van der Waals surface area contributed by atoms with E-state index in [9.17, 15) is 10.1 Å². The fourth-order valence-electron chi connectivity index (χ4n) is 5.44. The van der Waals surface area contributed by atoms with Crippen LogP contribution in [0.15, 0.2) is 65.7 Å². The number of halogens is 2. The third kappa shape index (κ3) is 8.11. The first-order chi connectivity index (χ1) is 20.9. The van der Waals surface area contributed by atoms with Crippen LogP contribution in [0, 0.1) is 11.5 Å². The van der Waals surface area contributed by atoms with E-state index in [0.717, 1.165) is 61.0 Å². The molecule has 224 valence electrons. The molecule has 0 aliphatic carbocycles. The Labute approximate surface area is 262 Å². The Morgan fingerprint density at radius 2 is 1.56 bits per heavy atom. The van der Waals surface area contributed by atoms with Crippen LogP contribution in [-0.2, 0) is 17.8 Å². The van der Waals surface area contributed by atoms with Gasteiger partial charge in [0.2, 0.25) is 18.1 Å². The average Bonchev–Trinajstić information content (AvgIpc) is 3.52. The average molecular weight is 621 g/mol. The van der Waals surface area contributed by atoms with Gasteiger partial charge in [-0.1, -0.05) is 35.3 Å². The molecule has 0 atom stereocenters. The lowest BCUT2D eigenvalue weighted by atomic mass is 10.1. The van der Waals surface area contributed by atoms with Gasteiger partial charge in [-0.15, -0.1) is 4.99 Å². The normalized spacial score (nSPS) is 15.7. The molecule has 2 fully saturated rings. The Morgan fingerprint density at radius 1 is 0.907 bits per heavy atom. The predicted octanol–water partition coefficient (Wildman–Crippen LogP) is 5.85. The number of hydrogen-bond acceptors (Lipinski definition) is 6. The van der Waals surface area contributed by atoms with Crippen molar-refractivity contribution in [3.05, 3.63) is 81.8 Å². The first-order valence-corrected chi connectivity index (χ1v) is 15.1. The van der Waals surface area contributed by atoms with Gasteiger partial charge >= 0.3 is 0 Å². The minimum absolute atomic E-state index is 0.0789. The molecule has 0 bridgehead atoms. The van der Waals surface area contributed by atoms with Gasteiger partial charge in [-0.2, -0.15) is 5.26 Å². The molecule has 11 heteroatoms. The SMILES string of the molecule is COc1ccc(CC(=O)Nc2ccc(N3CCN(/C(=N\C#N)Nc4c(Cl)cc(CN5CCCC5)cc4Cl)CC3)cc2)cc1. The summed E-state index contributed by atoms with van der Waals surface area (Å²) in [6.45, 7) is 5.75. The molecule has 2 N–H and O–H groups in total. The second-order valence-corrected chi connectivity index (χ2v) is 11.5. The zero-order chi connectivity index (χ0) is 30.2. The number of guanidine groups is 1. The number of nitrogens with zero attached hydrogens (tertiary/aromatic N) is 5. The van der Waals surface area contributed by atoms with Crippen molar-refractivity contribution in [2.24, 2.45) is 4.99 Å². The molecule has 2 heterocycles. The van der Waals surface area contributed by atoms with Crippen LogP contribution in [0.25, 0.3) is 0 Å². The van der Waals surface area contributed by atoms with Crippen LogP contribution < -0.4 is 20.3 Å². The summed E-state index contributed by atoms with van der Waals surface area (Å²) < 4.78 is 5.17. The third-order valence-corrected chi connectivity index (χ3v) is 8.31. The number of rotatable bonds is 8. The van der Waals surface area contributed by atoms with Gasteiger partial charge in [0.15, 0.2) is 0 Å². The van der Waals surface area contributed by atoms with E-state index in [1.165, 1.54) is 12.8 Å². The van der Waals surface area contributed by atoms with E-state index in [2.05, 4.69) is 25.4 Å². The molecule has 9 nitrogen and oxygen atoms in total. The Kier molecular flexibility index (Phi) is 10.3. The van der Waals surface area contributed by atoms with Crippen molar-refractivity contribution in [3.8, 4) is 11.9 Å². The van der Waals surface area contributed by atoms with E-state index in [4.69, 9.17) is 27.9 Å². The lowest BCUT2D eigenvalue weighted by molar-refractivity contribution is -0.115. The summed E-state index contributed by atoms with van der Waals surface area (Å²) in [5.74, 6) is 1.11. The molecule has 2 aliphatic rings. The van der Waals surface area contributed by atoms with E-state index in [1.807, 2.05) is 71.8 Å². The highest BCUT2D eigenvalue weighted by molar-refractivity contribution is 6.40. The zero-order valence-electron chi connectivity index (χ0n) is 24.2. The van der Waals surface area contributed by atoms with Crippen molar-refractivity contribution in [1.82, 2.24) is 9.80 Å². The predicted molar refractivity (Wildman–Crippen MR) is 173 cm³/mol.